The van der Waals surface area contributed by atoms with Gasteiger partial charge in [0.15, 0.2) is 0 Å². The second kappa shape index (κ2) is 4.92. The minimum atomic E-state index is -4.40. The first kappa shape index (κ1) is 13.4. The lowest BCUT2D eigenvalue weighted by molar-refractivity contribution is -0.141. The molecule has 0 bridgehead atoms. The Morgan fingerprint density at radius 2 is 1.89 bits per heavy atom. The van der Waals surface area contributed by atoms with Gasteiger partial charge < -0.3 is 4.90 Å². The van der Waals surface area contributed by atoms with E-state index in [0.717, 1.165) is 4.90 Å². The number of carbonyl (C=O) groups excluding carboxylic acids is 1. The van der Waals surface area contributed by atoms with Crippen LogP contribution >= 0.6 is 0 Å². The van der Waals surface area contributed by atoms with Crippen molar-refractivity contribution in [2.45, 2.75) is 25.1 Å². The van der Waals surface area contributed by atoms with E-state index >= 15 is 0 Å². The van der Waals surface area contributed by atoms with Crippen molar-refractivity contribution in [3.8, 4) is 6.07 Å². The monoisotopic (exact) mass is 268 g/mol. The zero-order valence-corrected chi connectivity index (χ0v) is 9.94. The third-order valence-electron chi connectivity index (χ3n) is 2.86. The fourth-order valence-corrected chi connectivity index (χ4v) is 1.80. The molecule has 0 aromatic heterocycles. The third kappa shape index (κ3) is 3.47. The summed E-state index contributed by atoms with van der Waals surface area (Å²) in [5.41, 5.74) is 0.542. The molecule has 1 amide bonds. The molecule has 1 aliphatic rings. The summed E-state index contributed by atoms with van der Waals surface area (Å²) in [6, 6.07) is 7.18. The van der Waals surface area contributed by atoms with Crippen molar-refractivity contribution in [2.24, 2.45) is 0 Å². The number of hydrogen-bond donors (Lipinski definition) is 0. The average molecular weight is 268 g/mol. The molecule has 1 aromatic rings. The molecule has 3 nitrogen and oxygen atoms in total. The Hall–Kier alpha value is -2.03. The van der Waals surface area contributed by atoms with Crippen molar-refractivity contribution in [1.29, 1.82) is 5.26 Å². The SMILES string of the molecule is N#Cc1ccc(C(=O)N(CC(F)(F)F)C2CC2)cc1. The molecule has 0 aliphatic heterocycles. The van der Waals surface area contributed by atoms with E-state index in [1.165, 1.54) is 24.3 Å². The van der Waals surface area contributed by atoms with Crippen LogP contribution in [0.1, 0.15) is 28.8 Å². The maximum atomic E-state index is 12.5. The molecule has 1 fully saturated rings. The van der Waals surface area contributed by atoms with Crippen molar-refractivity contribution in [3.63, 3.8) is 0 Å². The molecule has 19 heavy (non-hydrogen) atoms. The predicted molar refractivity (Wildman–Crippen MR) is 61.3 cm³/mol. The Morgan fingerprint density at radius 1 is 1.32 bits per heavy atom. The lowest BCUT2D eigenvalue weighted by atomic mass is 10.1. The van der Waals surface area contributed by atoms with Crippen LogP contribution in [0.5, 0.6) is 0 Å². The van der Waals surface area contributed by atoms with Crippen molar-refractivity contribution < 1.29 is 18.0 Å². The quantitative estimate of drug-likeness (QED) is 0.846. The van der Waals surface area contributed by atoms with Crippen molar-refractivity contribution >= 4 is 5.91 Å². The van der Waals surface area contributed by atoms with Crippen LogP contribution in [0, 0.1) is 11.3 Å². The van der Waals surface area contributed by atoms with Gasteiger partial charge in [-0.3, -0.25) is 4.79 Å². The van der Waals surface area contributed by atoms with Gasteiger partial charge in [-0.1, -0.05) is 0 Å². The summed E-state index contributed by atoms with van der Waals surface area (Å²) in [7, 11) is 0. The number of amides is 1. The molecule has 0 N–H and O–H groups in total. The Labute approximate surface area is 108 Å². The minimum Gasteiger partial charge on any atom is -0.327 e. The number of carbonyl (C=O) groups is 1. The average Bonchev–Trinajstić information content (AvgIpc) is 3.18. The Bertz CT molecular complexity index is 512. The van der Waals surface area contributed by atoms with Gasteiger partial charge in [-0.25, -0.2) is 0 Å². The Kier molecular flexibility index (Phi) is 3.47. The number of halogens is 3. The summed E-state index contributed by atoms with van der Waals surface area (Å²) >= 11 is 0. The van der Waals surface area contributed by atoms with Crippen LogP contribution in [0.3, 0.4) is 0 Å². The molecule has 6 heteroatoms. The van der Waals surface area contributed by atoms with Crippen molar-refractivity contribution in [2.75, 3.05) is 6.54 Å². The van der Waals surface area contributed by atoms with E-state index in [9.17, 15) is 18.0 Å². The summed E-state index contributed by atoms with van der Waals surface area (Å²) in [4.78, 5) is 12.9. The zero-order valence-electron chi connectivity index (χ0n) is 9.94. The molecule has 0 heterocycles. The number of hydrogen-bond acceptors (Lipinski definition) is 2. The molecule has 0 radical (unpaired) electrons. The first-order valence-corrected chi connectivity index (χ1v) is 5.78. The predicted octanol–water partition coefficient (Wildman–Crippen LogP) is 2.73. The molecule has 1 aliphatic carbocycles. The van der Waals surface area contributed by atoms with Crippen LogP contribution in [-0.4, -0.2) is 29.6 Å². The maximum Gasteiger partial charge on any atom is 0.406 e. The molecule has 1 saturated carbocycles. The molecule has 2 rings (SSSR count). The van der Waals surface area contributed by atoms with E-state index in [1.54, 1.807) is 0 Å². The molecular weight excluding hydrogens is 257 g/mol. The smallest absolute Gasteiger partial charge is 0.327 e. The summed E-state index contributed by atoms with van der Waals surface area (Å²) < 4.78 is 37.4. The second-order valence-corrected chi connectivity index (χ2v) is 4.47. The van der Waals surface area contributed by atoms with E-state index in [4.69, 9.17) is 5.26 Å². The number of benzene rings is 1. The van der Waals surface area contributed by atoms with E-state index in [1.807, 2.05) is 6.07 Å². The van der Waals surface area contributed by atoms with Gasteiger partial charge in [-0.2, -0.15) is 18.4 Å². The zero-order chi connectivity index (χ0) is 14.0. The van der Waals surface area contributed by atoms with Crippen LogP contribution in [0.15, 0.2) is 24.3 Å². The largest absolute Gasteiger partial charge is 0.406 e. The first-order valence-electron chi connectivity index (χ1n) is 5.78. The summed E-state index contributed by atoms with van der Waals surface area (Å²) in [5, 5.41) is 8.63. The van der Waals surface area contributed by atoms with E-state index in [-0.39, 0.29) is 11.6 Å². The van der Waals surface area contributed by atoms with Gasteiger partial charge in [0.25, 0.3) is 5.91 Å². The van der Waals surface area contributed by atoms with Crippen LogP contribution in [-0.2, 0) is 0 Å². The molecule has 1 aromatic carbocycles. The summed E-state index contributed by atoms with van der Waals surface area (Å²) in [5.74, 6) is -0.635. The lowest BCUT2D eigenvalue weighted by Gasteiger charge is -2.23. The first-order chi connectivity index (χ1) is 8.90. The molecule has 0 saturated heterocycles. The number of nitriles is 1. The molecule has 0 unspecified atom stereocenters. The van der Waals surface area contributed by atoms with E-state index in [0.29, 0.717) is 18.4 Å². The fourth-order valence-electron chi connectivity index (χ4n) is 1.80. The minimum absolute atomic E-state index is 0.176. The highest BCUT2D eigenvalue weighted by atomic mass is 19.4. The van der Waals surface area contributed by atoms with Gasteiger partial charge in [0, 0.05) is 11.6 Å². The third-order valence-corrected chi connectivity index (χ3v) is 2.86. The van der Waals surface area contributed by atoms with Gasteiger partial charge in [-0.05, 0) is 37.1 Å². The fraction of sp³-hybridized carbons (Fsp3) is 0.385. The normalized spacial score (nSPS) is 14.8. The van der Waals surface area contributed by atoms with Crippen molar-refractivity contribution in [1.82, 2.24) is 4.90 Å². The van der Waals surface area contributed by atoms with Crippen LogP contribution in [0.2, 0.25) is 0 Å². The highest BCUT2D eigenvalue weighted by molar-refractivity contribution is 5.94. The van der Waals surface area contributed by atoms with E-state index < -0.39 is 18.6 Å². The standard InChI is InChI=1S/C13H11F3N2O/c14-13(15,16)8-18(11-5-6-11)12(19)10-3-1-9(7-17)2-4-10/h1-4,11H,5-6,8H2. The van der Waals surface area contributed by atoms with Gasteiger partial charge in [0.05, 0.1) is 11.6 Å². The summed E-state index contributed by atoms with van der Waals surface area (Å²) in [6.45, 7) is -1.23. The lowest BCUT2D eigenvalue weighted by Crippen LogP contribution is -2.40. The van der Waals surface area contributed by atoms with Crippen molar-refractivity contribution in [3.05, 3.63) is 35.4 Å². The van der Waals surface area contributed by atoms with Gasteiger partial charge in [0.1, 0.15) is 6.54 Å². The van der Waals surface area contributed by atoms with Gasteiger partial charge >= 0.3 is 6.18 Å². The molecule has 0 spiro atoms. The van der Waals surface area contributed by atoms with Gasteiger partial charge in [-0.15, -0.1) is 0 Å². The van der Waals surface area contributed by atoms with Crippen LogP contribution < -0.4 is 0 Å². The molecular formula is C13H11F3N2O. The van der Waals surface area contributed by atoms with Crippen LogP contribution in [0.4, 0.5) is 13.2 Å². The maximum absolute atomic E-state index is 12.5. The highest BCUT2D eigenvalue weighted by Crippen LogP contribution is 2.31. The molecule has 100 valence electrons. The number of nitrogens with zero attached hydrogens (tertiary/aromatic N) is 2. The Balaban J connectivity index is 2.17. The van der Waals surface area contributed by atoms with Gasteiger partial charge in [0.2, 0.25) is 0 Å². The second-order valence-electron chi connectivity index (χ2n) is 4.47. The van der Waals surface area contributed by atoms with Crippen LogP contribution in [0.25, 0.3) is 0 Å². The highest BCUT2D eigenvalue weighted by Gasteiger charge is 2.40. The Morgan fingerprint density at radius 3 is 2.32 bits per heavy atom. The number of alkyl halides is 3. The number of rotatable bonds is 3. The van der Waals surface area contributed by atoms with E-state index in [2.05, 4.69) is 0 Å². The summed E-state index contributed by atoms with van der Waals surface area (Å²) in [6.07, 6.45) is -3.18. The molecule has 0 atom stereocenters. The topological polar surface area (TPSA) is 44.1 Å².